The molecule has 114 valence electrons. The Bertz CT molecular complexity index is 357. The van der Waals surface area contributed by atoms with Gasteiger partial charge in [0.05, 0.1) is 0 Å². The molecule has 1 amide bonds. The van der Waals surface area contributed by atoms with E-state index in [1.54, 1.807) is 0 Å². The van der Waals surface area contributed by atoms with Gasteiger partial charge in [-0.2, -0.15) is 0 Å². The molecule has 0 saturated carbocycles. The smallest absolute Gasteiger partial charge is 0.223 e. The zero-order chi connectivity index (χ0) is 15.1. The van der Waals surface area contributed by atoms with Crippen LogP contribution in [0, 0.1) is 17.8 Å². The van der Waals surface area contributed by atoms with Gasteiger partial charge in [-0.05, 0) is 33.7 Å². The predicted octanol–water partition coefficient (Wildman–Crippen LogP) is 2.76. The van der Waals surface area contributed by atoms with Crippen LogP contribution in [0.15, 0.2) is 0 Å². The van der Waals surface area contributed by atoms with Crippen LogP contribution in [0.3, 0.4) is 0 Å². The summed E-state index contributed by atoms with van der Waals surface area (Å²) in [6.07, 6.45) is 3.46. The fourth-order valence-electron chi connectivity index (χ4n) is 2.55. The van der Waals surface area contributed by atoms with Crippen LogP contribution in [0.1, 0.15) is 53.4 Å². The largest absolute Gasteiger partial charge is 0.343 e. The Balaban J connectivity index is 2.31. The van der Waals surface area contributed by atoms with Gasteiger partial charge in [0.2, 0.25) is 5.91 Å². The van der Waals surface area contributed by atoms with Crippen LogP contribution in [0.5, 0.6) is 0 Å². The van der Waals surface area contributed by atoms with Crippen molar-refractivity contribution in [1.29, 1.82) is 0 Å². The van der Waals surface area contributed by atoms with Gasteiger partial charge in [0.25, 0.3) is 0 Å². The molecule has 20 heavy (non-hydrogen) atoms. The summed E-state index contributed by atoms with van der Waals surface area (Å²) < 4.78 is 0. The van der Waals surface area contributed by atoms with Crippen LogP contribution in [0.25, 0.3) is 0 Å². The molecule has 3 nitrogen and oxygen atoms in total. The molecule has 0 spiro atoms. The fourth-order valence-corrected chi connectivity index (χ4v) is 2.55. The molecule has 0 unspecified atom stereocenters. The first-order valence-electron chi connectivity index (χ1n) is 7.90. The molecule has 0 radical (unpaired) electrons. The topological polar surface area (TPSA) is 23.6 Å². The minimum absolute atomic E-state index is 0.272. The van der Waals surface area contributed by atoms with Gasteiger partial charge < -0.3 is 9.80 Å². The van der Waals surface area contributed by atoms with Gasteiger partial charge in [-0.3, -0.25) is 4.79 Å². The van der Waals surface area contributed by atoms with Gasteiger partial charge in [0, 0.05) is 43.9 Å². The number of hydrogen-bond donors (Lipinski definition) is 0. The molecule has 1 rings (SSSR count). The second-order valence-electron chi connectivity index (χ2n) is 6.35. The van der Waals surface area contributed by atoms with E-state index in [0.29, 0.717) is 30.8 Å². The quantitative estimate of drug-likeness (QED) is 0.738. The van der Waals surface area contributed by atoms with Crippen molar-refractivity contribution in [3.05, 3.63) is 0 Å². The Kier molecular flexibility index (Phi) is 7.09. The summed E-state index contributed by atoms with van der Waals surface area (Å²) in [5.74, 6) is 6.87. The Labute approximate surface area is 124 Å². The van der Waals surface area contributed by atoms with Crippen LogP contribution in [-0.2, 0) is 4.79 Å². The second-order valence-corrected chi connectivity index (χ2v) is 6.35. The maximum atomic E-state index is 12.1. The van der Waals surface area contributed by atoms with Crippen molar-refractivity contribution in [1.82, 2.24) is 9.80 Å². The summed E-state index contributed by atoms with van der Waals surface area (Å²) in [5.41, 5.74) is 0. The zero-order valence-corrected chi connectivity index (χ0v) is 13.8. The minimum Gasteiger partial charge on any atom is -0.343 e. The number of piperidine rings is 1. The highest BCUT2D eigenvalue weighted by Gasteiger charge is 2.25. The summed E-state index contributed by atoms with van der Waals surface area (Å²) in [5, 5.41) is 0. The van der Waals surface area contributed by atoms with Crippen molar-refractivity contribution in [3.8, 4) is 11.8 Å². The predicted molar refractivity (Wildman–Crippen MR) is 84.3 cm³/mol. The van der Waals surface area contributed by atoms with E-state index in [1.165, 1.54) is 0 Å². The molecule has 0 atom stereocenters. The van der Waals surface area contributed by atoms with Crippen LogP contribution in [-0.4, -0.2) is 47.9 Å². The Hall–Kier alpha value is -1.01. The van der Waals surface area contributed by atoms with E-state index >= 15 is 0 Å². The van der Waals surface area contributed by atoms with E-state index in [1.807, 2.05) is 4.90 Å². The third-order valence-corrected chi connectivity index (χ3v) is 4.06. The first-order chi connectivity index (χ1) is 9.41. The van der Waals surface area contributed by atoms with Crippen LogP contribution < -0.4 is 0 Å². The molecule has 0 aromatic rings. The van der Waals surface area contributed by atoms with E-state index in [4.69, 9.17) is 0 Å². The maximum absolute atomic E-state index is 12.1. The highest BCUT2D eigenvalue weighted by Crippen LogP contribution is 2.18. The molecule has 1 fully saturated rings. The Morgan fingerprint density at radius 1 is 1.25 bits per heavy atom. The number of rotatable bonds is 4. The van der Waals surface area contributed by atoms with Gasteiger partial charge in [0.1, 0.15) is 0 Å². The van der Waals surface area contributed by atoms with Crippen molar-refractivity contribution in [2.75, 3.05) is 20.1 Å². The number of carbonyl (C=O) groups is 1. The molecular formula is C17H30N2O. The molecular weight excluding hydrogens is 248 g/mol. The maximum Gasteiger partial charge on any atom is 0.223 e. The van der Waals surface area contributed by atoms with Gasteiger partial charge in [-0.25, -0.2) is 0 Å². The first-order valence-corrected chi connectivity index (χ1v) is 7.90. The van der Waals surface area contributed by atoms with E-state index in [2.05, 4.69) is 51.5 Å². The SMILES string of the molecule is CC(C)C#CCCC(=O)N1CCC(N(C)C(C)C)CC1. The van der Waals surface area contributed by atoms with Gasteiger partial charge in [0.15, 0.2) is 0 Å². The lowest BCUT2D eigenvalue weighted by molar-refractivity contribution is -0.132. The number of nitrogens with zero attached hydrogens (tertiary/aromatic N) is 2. The molecule has 0 aliphatic carbocycles. The second kappa shape index (κ2) is 8.32. The highest BCUT2D eigenvalue weighted by atomic mass is 16.2. The lowest BCUT2D eigenvalue weighted by Gasteiger charge is -2.38. The molecule has 1 saturated heterocycles. The van der Waals surface area contributed by atoms with Crippen LogP contribution in [0.4, 0.5) is 0 Å². The molecule has 0 bridgehead atoms. The first kappa shape index (κ1) is 17.0. The third kappa shape index (κ3) is 5.54. The van der Waals surface area contributed by atoms with Crippen LogP contribution >= 0.6 is 0 Å². The number of hydrogen-bond acceptors (Lipinski definition) is 2. The summed E-state index contributed by atoms with van der Waals surface area (Å²) in [7, 11) is 2.19. The van der Waals surface area contributed by atoms with Crippen molar-refractivity contribution in [2.24, 2.45) is 5.92 Å². The van der Waals surface area contributed by atoms with E-state index in [9.17, 15) is 4.79 Å². The standard InChI is InChI=1S/C17H30N2O/c1-14(2)8-6-7-9-17(20)19-12-10-16(11-13-19)18(5)15(3)4/h14-16H,7,9-13H2,1-5H3. The Morgan fingerprint density at radius 2 is 1.85 bits per heavy atom. The number of likely N-dealkylation sites (tertiary alicyclic amines) is 1. The Morgan fingerprint density at radius 3 is 2.35 bits per heavy atom. The van der Waals surface area contributed by atoms with E-state index in [0.717, 1.165) is 25.9 Å². The van der Waals surface area contributed by atoms with E-state index < -0.39 is 0 Å². The summed E-state index contributed by atoms with van der Waals surface area (Å²) >= 11 is 0. The number of amides is 1. The van der Waals surface area contributed by atoms with E-state index in [-0.39, 0.29) is 5.91 Å². The van der Waals surface area contributed by atoms with Crippen molar-refractivity contribution in [3.63, 3.8) is 0 Å². The molecule has 0 N–H and O–H groups in total. The minimum atomic E-state index is 0.272. The van der Waals surface area contributed by atoms with Crippen molar-refractivity contribution in [2.45, 2.75) is 65.5 Å². The fraction of sp³-hybridized carbons (Fsp3) is 0.824. The molecule has 0 aromatic heterocycles. The average molecular weight is 278 g/mol. The summed E-state index contributed by atoms with van der Waals surface area (Å²) in [4.78, 5) is 16.5. The molecule has 3 heteroatoms. The monoisotopic (exact) mass is 278 g/mol. The average Bonchev–Trinajstić information content (AvgIpc) is 2.42. The summed E-state index contributed by atoms with van der Waals surface area (Å²) in [6.45, 7) is 10.4. The summed E-state index contributed by atoms with van der Waals surface area (Å²) in [6, 6.07) is 1.20. The lowest BCUT2D eigenvalue weighted by Crippen LogP contribution is -2.47. The van der Waals surface area contributed by atoms with Crippen molar-refractivity contribution >= 4 is 5.91 Å². The van der Waals surface area contributed by atoms with Gasteiger partial charge in [-0.1, -0.05) is 13.8 Å². The molecule has 1 aliphatic rings. The van der Waals surface area contributed by atoms with Crippen LogP contribution in [0.2, 0.25) is 0 Å². The normalized spacial score (nSPS) is 16.7. The molecule has 0 aromatic carbocycles. The molecule has 1 heterocycles. The molecule has 1 aliphatic heterocycles. The third-order valence-electron chi connectivity index (χ3n) is 4.06. The zero-order valence-electron chi connectivity index (χ0n) is 13.8. The van der Waals surface area contributed by atoms with Gasteiger partial charge >= 0.3 is 0 Å². The lowest BCUT2D eigenvalue weighted by atomic mass is 10.0. The highest BCUT2D eigenvalue weighted by molar-refractivity contribution is 5.76. The number of carbonyl (C=O) groups excluding carboxylic acids is 1. The van der Waals surface area contributed by atoms with Gasteiger partial charge in [-0.15, -0.1) is 11.8 Å². The van der Waals surface area contributed by atoms with Crippen molar-refractivity contribution < 1.29 is 4.79 Å².